The summed E-state index contributed by atoms with van der Waals surface area (Å²) in [6, 6.07) is 8.81. The average molecular weight is 247 g/mol. The van der Waals surface area contributed by atoms with E-state index in [0.29, 0.717) is 5.69 Å². The van der Waals surface area contributed by atoms with E-state index in [1.54, 1.807) is 24.3 Å². The van der Waals surface area contributed by atoms with Crippen LogP contribution in [0.15, 0.2) is 59.6 Å². The fourth-order valence-corrected chi connectivity index (χ4v) is 1.23. The van der Waals surface area contributed by atoms with E-state index in [1.807, 2.05) is 6.07 Å². The van der Waals surface area contributed by atoms with E-state index in [-0.39, 0.29) is 5.84 Å². The first-order valence-electron chi connectivity index (χ1n) is 4.97. The van der Waals surface area contributed by atoms with E-state index in [0.717, 1.165) is 6.20 Å². The summed E-state index contributed by atoms with van der Waals surface area (Å²) in [6.45, 7) is 3.39. The number of nitrogens with zero attached hydrogens (tertiary/aromatic N) is 2. The monoisotopic (exact) mass is 247 g/mol. The van der Waals surface area contributed by atoms with E-state index in [9.17, 15) is 10.1 Å². The van der Waals surface area contributed by atoms with Crippen molar-refractivity contribution in [1.82, 2.24) is 0 Å². The number of nitro groups is 1. The molecule has 0 unspecified atom stereocenters. The fraction of sp³-hybridized carbons (Fsp3) is 0. The summed E-state index contributed by atoms with van der Waals surface area (Å²) in [5, 5.41) is 13.6. The molecular weight excluding hydrogens is 234 g/mol. The topological polar surface area (TPSA) is 120 Å². The van der Waals surface area contributed by atoms with Gasteiger partial charge in [-0.3, -0.25) is 10.1 Å². The minimum atomic E-state index is -0.701. The van der Waals surface area contributed by atoms with Crippen LogP contribution in [-0.2, 0) is 0 Å². The molecule has 0 radical (unpaired) electrons. The lowest BCUT2D eigenvalue weighted by molar-refractivity contribution is -0.416. The Balaban J connectivity index is 3.12. The first-order chi connectivity index (χ1) is 8.56. The molecule has 0 aromatic heterocycles. The maximum atomic E-state index is 10.9. The average Bonchev–Trinajstić information content (AvgIpc) is 2.29. The molecule has 0 saturated carbocycles. The molecule has 7 nitrogen and oxygen atoms in total. The molecular formula is C11H13N5O2. The molecule has 94 valence electrons. The second-order valence-electron chi connectivity index (χ2n) is 3.21. The highest BCUT2D eigenvalue weighted by Crippen LogP contribution is 2.09. The standard InChI is InChI=1S/C11H13N5O2/c1-2-14-11(9(10(12)13)16(17)18)15-8-6-4-3-5-7-8/h2-7H,1,12-13H2,(H,14,15). The molecule has 0 aliphatic heterocycles. The van der Waals surface area contributed by atoms with Crippen molar-refractivity contribution in [1.29, 1.82) is 0 Å². The minimum absolute atomic E-state index is 0.0683. The van der Waals surface area contributed by atoms with Crippen LogP contribution in [0.5, 0.6) is 0 Å². The lowest BCUT2D eigenvalue weighted by atomic mass is 10.3. The quantitative estimate of drug-likeness (QED) is 0.317. The van der Waals surface area contributed by atoms with E-state index in [4.69, 9.17) is 11.5 Å². The minimum Gasteiger partial charge on any atom is -0.380 e. The van der Waals surface area contributed by atoms with Crippen LogP contribution in [0.25, 0.3) is 0 Å². The van der Waals surface area contributed by atoms with Crippen molar-refractivity contribution in [3.05, 3.63) is 64.7 Å². The highest BCUT2D eigenvalue weighted by atomic mass is 16.6. The molecule has 0 amide bonds. The number of rotatable bonds is 4. The third-order valence-electron chi connectivity index (χ3n) is 1.94. The van der Waals surface area contributed by atoms with Crippen LogP contribution in [0.4, 0.5) is 5.69 Å². The Morgan fingerprint density at radius 1 is 1.39 bits per heavy atom. The normalized spacial score (nSPS) is 10.6. The summed E-state index contributed by atoms with van der Waals surface area (Å²) in [5.41, 5.74) is 10.7. The molecule has 0 saturated heterocycles. The largest absolute Gasteiger partial charge is 0.380 e. The molecule has 7 heteroatoms. The number of para-hydroxylation sites is 1. The van der Waals surface area contributed by atoms with Crippen LogP contribution in [0, 0.1) is 10.1 Å². The number of benzene rings is 1. The molecule has 5 N–H and O–H groups in total. The molecule has 0 spiro atoms. The predicted molar refractivity (Wildman–Crippen MR) is 70.1 cm³/mol. The molecule has 0 aliphatic carbocycles. The zero-order valence-corrected chi connectivity index (χ0v) is 9.54. The van der Waals surface area contributed by atoms with Gasteiger partial charge in [0.25, 0.3) is 0 Å². The van der Waals surface area contributed by atoms with Gasteiger partial charge in [0.2, 0.25) is 5.84 Å². The van der Waals surface area contributed by atoms with Crippen molar-refractivity contribution in [3.8, 4) is 0 Å². The summed E-state index contributed by atoms with van der Waals surface area (Å²) >= 11 is 0. The van der Waals surface area contributed by atoms with Gasteiger partial charge in [0.1, 0.15) is 0 Å². The van der Waals surface area contributed by atoms with Gasteiger partial charge in [-0.2, -0.15) is 0 Å². The van der Waals surface area contributed by atoms with Gasteiger partial charge in [0.15, 0.2) is 5.82 Å². The van der Waals surface area contributed by atoms with E-state index in [1.165, 1.54) is 0 Å². The van der Waals surface area contributed by atoms with Crippen LogP contribution in [0.1, 0.15) is 0 Å². The Labute approximate surface area is 104 Å². The van der Waals surface area contributed by atoms with Crippen LogP contribution in [0.2, 0.25) is 0 Å². The number of anilines is 1. The number of nitrogens with two attached hydrogens (primary N) is 2. The molecule has 0 atom stereocenters. The van der Waals surface area contributed by atoms with Crippen LogP contribution in [0.3, 0.4) is 0 Å². The fourth-order valence-electron chi connectivity index (χ4n) is 1.23. The van der Waals surface area contributed by atoms with Gasteiger partial charge in [-0.15, -0.1) is 0 Å². The lowest BCUT2D eigenvalue weighted by Crippen LogP contribution is -2.27. The van der Waals surface area contributed by atoms with Crippen molar-refractivity contribution in [2.45, 2.75) is 0 Å². The summed E-state index contributed by atoms with van der Waals surface area (Å²) in [7, 11) is 0. The summed E-state index contributed by atoms with van der Waals surface area (Å²) in [4.78, 5) is 14.0. The second-order valence-corrected chi connectivity index (χ2v) is 3.21. The number of nitrogens with one attached hydrogen (secondary N) is 1. The molecule has 0 bridgehead atoms. The summed E-state index contributed by atoms with van der Waals surface area (Å²) in [5.74, 6) is -0.495. The molecule has 1 rings (SSSR count). The van der Waals surface area contributed by atoms with Crippen molar-refractivity contribution < 1.29 is 4.92 Å². The van der Waals surface area contributed by atoms with E-state index in [2.05, 4.69) is 16.9 Å². The summed E-state index contributed by atoms with van der Waals surface area (Å²) < 4.78 is 0. The maximum Gasteiger partial charge on any atom is 0.350 e. The molecule has 0 aliphatic rings. The summed E-state index contributed by atoms with van der Waals surface area (Å²) in [6.07, 6.45) is 1.16. The van der Waals surface area contributed by atoms with Gasteiger partial charge in [-0.1, -0.05) is 24.8 Å². The Morgan fingerprint density at radius 3 is 2.44 bits per heavy atom. The number of amidine groups is 1. The van der Waals surface area contributed by atoms with Gasteiger partial charge >= 0.3 is 5.70 Å². The van der Waals surface area contributed by atoms with E-state index >= 15 is 0 Å². The number of hydrogen-bond donors (Lipinski definition) is 3. The Bertz CT molecular complexity index is 503. The third kappa shape index (κ3) is 3.34. The SMILES string of the molecule is C=C/N=C(/Nc1ccccc1)C(=C(N)N)[N+](=O)[O-]. The molecule has 1 aromatic rings. The highest BCUT2D eigenvalue weighted by Gasteiger charge is 2.22. The Hall–Kier alpha value is -2.83. The van der Waals surface area contributed by atoms with E-state index < -0.39 is 16.4 Å². The third-order valence-corrected chi connectivity index (χ3v) is 1.94. The number of hydrogen-bond acceptors (Lipinski definition) is 5. The zero-order valence-electron chi connectivity index (χ0n) is 9.54. The molecule has 0 heterocycles. The van der Waals surface area contributed by atoms with Gasteiger partial charge in [0, 0.05) is 11.9 Å². The van der Waals surface area contributed by atoms with Crippen molar-refractivity contribution in [2.75, 3.05) is 5.32 Å². The Kier molecular flexibility index (Phi) is 4.44. The molecule has 1 aromatic carbocycles. The van der Waals surface area contributed by atoms with Gasteiger partial charge in [-0.25, -0.2) is 4.99 Å². The smallest absolute Gasteiger partial charge is 0.350 e. The van der Waals surface area contributed by atoms with Crippen LogP contribution < -0.4 is 16.8 Å². The van der Waals surface area contributed by atoms with Crippen molar-refractivity contribution in [3.63, 3.8) is 0 Å². The van der Waals surface area contributed by atoms with Crippen molar-refractivity contribution in [2.24, 2.45) is 16.5 Å². The van der Waals surface area contributed by atoms with Crippen LogP contribution >= 0.6 is 0 Å². The molecule has 0 fully saturated rings. The number of aliphatic imine (C=N–C) groups is 1. The lowest BCUT2D eigenvalue weighted by Gasteiger charge is -2.07. The maximum absolute atomic E-state index is 10.9. The highest BCUT2D eigenvalue weighted by molar-refractivity contribution is 6.06. The Morgan fingerprint density at radius 2 is 2.00 bits per heavy atom. The van der Waals surface area contributed by atoms with Crippen molar-refractivity contribution >= 4 is 11.5 Å². The van der Waals surface area contributed by atoms with Gasteiger partial charge in [0.05, 0.1) is 4.92 Å². The first-order valence-corrected chi connectivity index (χ1v) is 4.97. The van der Waals surface area contributed by atoms with Gasteiger partial charge < -0.3 is 16.8 Å². The van der Waals surface area contributed by atoms with Gasteiger partial charge in [-0.05, 0) is 12.1 Å². The first kappa shape index (κ1) is 13.2. The predicted octanol–water partition coefficient (Wildman–Crippen LogP) is 1.00. The zero-order chi connectivity index (χ0) is 13.5. The molecule has 18 heavy (non-hydrogen) atoms. The van der Waals surface area contributed by atoms with Crippen LogP contribution in [-0.4, -0.2) is 10.8 Å². The second kappa shape index (κ2) is 6.04.